The smallest absolute Gasteiger partial charge is 0.410 e. The molecule has 1 N–H and O–H groups in total. The zero-order chi connectivity index (χ0) is 24.3. The third-order valence-electron chi connectivity index (χ3n) is 5.16. The number of nitrogens with zero attached hydrogens (tertiary/aromatic N) is 3. The fraction of sp³-hybridized carbons (Fsp3) is 0.478. The molecule has 3 heterocycles. The SMILES string of the molecule is CNC(=O)c1cc(-c2cc(C3OCCN(C(=O)OC(C)(C)C)C3C)cc(Cl)n2)c(OC)cn1. The summed E-state index contributed by atoms with van der Waals surface area (Å²) in [6.45, 7) is 8.17. The van der Waals surface area contributed by atoms with E-state index in [1.54, 1.807) is 17.0 Å². The van der Waals surface area contributed by atoms with Crippen molar-refractivity contribution >= 4 is 23.6 Å². The Bertz CT molecular complexity index is 1040. The number of carbonyl (C=O) groups is 2. The summed E-state index contributed by atoms with van der Waals surface area (Å²) in [4.78, 5) is 35.0. The van der Waals surface area contributed by atoms with Crippen molar-refractivity contribution in [1.29, 1.82) is 0 Å². The molecule has 0 aliphatic carbocycles. The molecule has 1 aliphatic heterocycles. The predicted molar refractivity (Wildman–Crippen MR) is 124 cm³/mol. The van der Waals surface area contributed by atoms with Gasteiger partial charge in [0.05, 0.1) is 31.6 Å². The number of morpholine rings is 1. The number of rotatable bonds is 4. The molecule has 2 aromatic rings. The van der Waals surface area contributed by atoms with E-state index in [1.807, 2.05) is 33.8 Å². The van der Waals surface area contributed by atoms with Crippen LogP contribution in [0.15, 0.2) is 24.4 Å². The summed E-state index contributed by atoms with van der Waals surface area (Å²) in [6.07, 6.45) is 0.623. The molecule has 2 aromatic heterocycles. The first-order valence-corrected chi connectivity index (χ1v) is 11.0. The van der Waals surface area contributed by atoms with E-state index in [9.17, 15) is 9.59 Å². The molecule has 0 saturated carbocycles. The maximum absolute atomic E-state index is 12.7. The zero-order valence-corrected chi connectivity index (χ0v) is 20.4. The molecular formula is C23H29ClN4O5. The van der Waals surface area contributed by atoms with Crippen LogP contribution in [0.3, 0.4) is 0 Å². The largest absolute Gasteiger partial charge is 0.494 e. The third kappa shape index (κ3) is 5.72. The summed E-state index contributed by atoms with van der Waals surface area (Å²) in [5, 5.41) is 2.79. The Labute approximate surface area is 198 Å². The molecule has 2 amide bonds. The van der Waals surface area contributed by atoms with Gasteiger partial charge in [-0.25, -0.2) is 14.8 Å². The second-order valence-corrected chi connectivity index (χ2v) is 9.05. The Kier molecular flexibility index (Phi) is 7.44. The maximum atomic E-state index is 12.7. The van der Waals surface area contributed by atoms with E-state index in [2.05, 4.69) is 15.3 Å². The number of amides is 2. The third-order valence-corrected chi connectivity index (χ3v) is 5.35. The summed E-state index contributed by atoms with van der Waals surface area (Å²) >= 11 is 6.37. The highest BCUT2D eigenvalue weighted by atomic mass is 35.5. The van der Waals surface area contributed by atoms with Crippen molar-refractivity contribution in [2.75, 3.05) is 27.3 Å². The highest BCUT2D eigenvalue weighted by molar-refractivity contribution is 6.29. The first-order chi connectivity index (χ1) is 15.5. The predicted octanol–water partition coefficient (Wildman–Crippen LogP) is 3.86. The Balaban J connectivity index is 1.98. The number of hydrogen-bond acceptors (Lipinski definition) is 7. The maximum Gasteiger partial charge on any atom is 0.410 e. The van der Waals surface area contributed by atoms with Crippen LogP contribution in [0.2, 0.25) is 5.15 Å². The summed E-state index contributed by atoms with van der Waals surface area (Å²) in [5.74, 6) is 0.106. The lowest BCUT2D eigenvalue weighted by molar-refractivity contribution is -0.0723. The van der Waals surface area contributed by atoms with E-state index in [1.165, 1.54) is 20.4 Å². The van der Waals surface area contributed by atoms with E-state index in [0.717, 1.165) is 5.56 Å². The van der Waals surface area contributed by atoms with Gasteiger partial charge in [0.2, 0.25) is 0 Å². The number of ether oxygens (including phenoxy) is 3. The van der Waals surface area contributed by atoms with Gasteiger partial charge in [0.1, 0.15) is 28.3 Å². The molecule has 178 valence electrons. The molecule has 2 atom stereocenters. The van der Waals surface area contributed by atoms with E-state index < -0.39 is 17.8 Å². The van der Waals surface area contributed by atoms with Gasteiger partial charge in [-0.05, 0) is 51.5 Å². The lowest BCUT2D eigenvalue weighted by Gasteiger charge is -2.40. The second-order valence-electron chi connectivity index (χ2n) is 8.66. The molecule has 0 aromatic carbocycles. The van der Waals surface area contributed by atoms with Gasteiger partial charge in [0.25, 0.3) is 5.91 Å². The van der Waals surface area contributed by atoms with E-state index in [-0.39, 0.29) is 22.8 Å². The van der Waals surface area contributed by atoms with E-state index in [4.69, 9.17) is 25.8 Å². The minimum atomic E-state index is -0.599. The number of methoxy groups -OCH3 is 1. The van der Waals surface area contributed by atoms with Crippen LogP contribution in [0.1, 0.15) is 49.9 Å². The van der Waals surface area contributed by atoms with Crippen LogP contribution in [-0.2, 0) is 9.47 Å². The van der Waals surface area contributed by atoms with Crippen LogP contribution in [0.5, 0.6) is 5.75 Å². The fourth-order valence-corrected chi connectivity index (χ4v) is 3.83. The Morgan fingerprint density at radius 2 is 2.00 bits per heavy atom. The molecule has 2 unspecified atom stereocenters. The Morgan fingerprint density at radius 3 is 2.64 bits per heavy atom. The van der Waals surface area contributed by atoms with Crippen LogP contribution in [0.4, 0.5) is 4.79 Å². The topological polar surface area (TPSA) is 103 Å². The number of aromatic nitrogens is 2. The molecule has 3 rings (SSSR count). The number of pyridine rings is 2. The normalized spacial score (nSPS) is 18.6. The van der Waals surface area contributed by atoms with Crippen molar-refractivity contribution < 1.29 is 23.8 Å². The van der Waals surface area contributed by atoms with Gasteiger partial charge in [-0.15, -0.1) is 0 Å². The van der Waals surface area contributed by atoms with Gasteiger partial charge in [0.15, 0.2) is 0 Å². The van der Waals surface area contributed by atoms with E-state index in [0.29, 0.717) is 30.2 Å². The lowest BCUT2D eigenvalue weighted by atomic mass is 9.99. The standard InChI is InChI=1S/C23H29ClN4O5/c1-13-20(32-8-7-28(13)22(30)33-23(2,3)4)14-9-16(27-19(24)10-14)15-11-17(21(29)25-5)26-12-18(15)31-6/h9-13,20H,7-8H2,1-6H3,(H,25,29). The summed E-state index contributed by atoms with van der Waals surface area (Å²) in [6, 6.07) is 4.81. The zero-order valence-electron chi connectivity index (χ0n) is 19.6. The molecular weight excluding hydrogens is 448 g/mol. The van der Waals surface area contributed by atoms with Crippen LogP contribution < -0.4 is 10.1 Å². The van der Waals surface area contributed by atoms with Crippen molar-refractivity contribution in [1.82, 2.24) is 20.2 Å². The molecule has 1 saturated heterocycles. The Morgan fingerprint density at radius 1 is 1.27 bits per heavy atom. The minimum absolute atomic E-state index is 0.218. The molecule has 1 aliphatic rings. The molecule has 0 bridgehead atoms. The van der Waals surface area contributed by atoms with Gasteiger partial charge in [0, 0.05) is 19.2 Å². The van der Waals surface area contributed by atoms with Gasteiger partial charge < -0.3 is 24.4 Å². The highest BCUT2D eigenvalue weighted by Gasteiger charge is 2.36. The molecule has 1 fully saturated rings. The summed E-state index contributed by atoms with van der Waals surface area (Å²) in [7, 11) is 3.04. The van der Waals surface area contributed by atoms with Crippen molar-refractivity contribution in [3.63, 3.8) is 0 Å². The summed E-state index contributed by atoms with van der Waals surface area (Å²) < 4.78 is 17.0. The van der Waals surface area contributed by atoms with Crippen molar-refractivity contribution in [3.8, 4) is 17.0 Å². The van der Waals surface area contributed by atoms with Crippen molar-refractivity contribution in [3.05, 3.63) is 40.8 Å². The second kappa shape index (κ2) is 9.93. The molecule has 0 spiro atoms. The molecule has 10 heteroatoms. The van der Waals surface area contributed by atoms with Gasteiger partial charge in [-0.2, -0.15) is 0 Å². The number of nitrogens with one attached hydrogen (secondary N) is 1. The quantitative estimate of drug-likeness (QED) is 0.668. The van der Waals surface area contributed by atoms with Crippen LogP contribution in [0.25, 0.3) is 11.3 Å². The molecule has 9 nitrogen and oxygen atoms in total. The van der Waals surface area contributed by atoms with Crippen LogP contribution in [-0.4, -0.2) is 65.8 Å². The number of carbonyl (C=O) groups excluding carboxylic acids is 2. The number of hydrogen-bond donors (Lipinski definition) is 1. The first kappa shape index (κ1) is 24.7. The minimum Gasteiger partial charge on any atom is -0.494 e. The van der Waals surface area contributed by atoms with Gasteiger partial charge >= 0.3 is 6.09 Å². The lowest BCUT2D eigenvalue weighted by Crippen LogP contribution is -2.50. The summed E-state index contributed by atoms with van der Waals surface area (Å²) in [5.41, 5.74) is 1.41. The molecule has 0 radical (unpaired) electrons. The average molecular weight is 477 g/mol. The first-order valence-electron chi connectivity index (χ1n) is 10.6. The van der Waals surface area contributed by atoms with Crippen LogP contribution >= 0.6 is 11.6 Å². The van der Waals surface area contributed by atoms with Crippen LogP contribution in [0, 0.1) is 0 Å². The monoisotopic (exact) mass is 476 g/mol. The van der Waals surface area contributed by atoms with Gasteiger partial charge in [-0.3, -0.25) is 4.79 Å². The van der Waals surface area contributed by atoms with Crippen molar-refractivity contribution in [2.24, 2.45) is 0 Å². The van der Waals surface area contributed by atoms with Crippen molar-refractivity contribution in [2.45, 2.75) is 45.4 Å². The highest BCUT2D eigenvalue weighted by Crippen LogP contribution is 2.35. The average Bonchev–Trinajstić information content (AvgIpc) is 2.76. The fourth-order valence-electron chi connectivity index (χ4n) is 3.61. The van der Waals surface area contributed by atoms with Gasteiger partial charge in [-0.1, -0.05) is 11.6 Å². The Hall–Kier alpha value is -2.91. The molecule has 33 heavy (non-hydrogen) atoms. The van der Waals surface area contributed by atoms with E-state index >= 15 is 0 Å². The number of halogens is 1.